The lowest BCUT2D eigenvalue weighted by Gasteiger charge is -2.23. The van der Waals surface area contributed by atoms with Gasteiger partial charge in [0.1, 0.15) is 5.56 Å². The Morgan fingerprint density at radius 2 is 2.25 bits per heavy atom. The summed E-state index contributed by atoms with van der Waals surface area (Å²) >= 11 is 0. The van der Waals surface area contributed by atoms with Crippen LogP contribution in [-0.2, 0) is 0 Å². The molecule has 0 aromatic carbocycles. The van der Waals surface area contributed by atoms with Gasteiger partial charge in [-0.25, -0.2) is 4.79 Å². The van der Waals surface area contributed by atoms with E-state index in [-0.39, 0.29) is 11.6 Å². The number of hydrogen-bond donors (Lipinski definition) is 3. The van der Waals surface area contributed by atoms with Gasteiger partial charge in [-0.05, 0) is 31.0 Å². The molecular weight excluding hydrogens is 208 g/mol. The molecule has 0 radical (unpaired) electrons. The van der Waals surface area contributed by atoms with Crippen molar-refractivity contribution in [3.63, 3.8) is 0 Å². The van der Waals surface area contributed by atoms with Gasteiger partial charge in [-0.1, -0.05) is 6.42 Å². The molecular formula is C11H14N2O3. The Kier molecular flexibility index (Phi) is 3.05. The molecule has 2 rings (SSSR count). The molecule has 1 aromatic rings. The average molecular weight is 222 g/mol. The lowest BCUT2D eigenvalue weighted by atomic mass is 9.98. The number of carbonyl (C=O) groups is 1. The van der Waals surface area contributed by atoms with Crippen molar-refractivity contribution in [2.24, 2.45) is 0 Å². The third kappa shape index (κ3) is 2.14. The van der Waals surface area contributed by atoms with E-state index in [4.69, 9.17) is 5.11 Å². The largest absolute Gasteiger partial charge is 0.477 e. The van der Waals surface area contributed by atoms with Crippen molar-refractivity contribution < 1.29 is 9.90 Å². The van der Waals surface area contributed by atoms with Crippen LogP contribution in [0.3, 0.4) is 0 Å². The molecule has 1 unspecified atom stereocenters. The van der Waals surface area contributed by atoms with Gasteiger partial charge in [-0.2, -0.15) is 0 Å². The smallest absolute Gasteiger partial charge is 0.341 e. The summed E-state index contributed by atoms with van der Waals surface area (Å²) in [5, 5.41) is 12.2. The third-order valence-corrected chi connectivity index (χ3v) is 2.87. The van der Waals surface area contributed by atoms with Crippen molar-refractivity contribution in [3.8, 4) is 0 Å². The monoisotopic (exact) mass is 222 g/mol. The van der Waals surface area contributed by atoms with Gasteiger partial charge in [0, 0.05) is 12.2 Å². The molecule has 86 valence electrons. The molecule has 0 saturated carbocycles. The molecule has 0 spiro atoms. The second-order valence-electron chi connectivity index (χ2n) is 3.98. The van der Waals surface area contributed by atoms with Gasteiger partial charge in [0.05, 0.1) is 0 Å². The predicted octanol–water partition coefficient (Wildman–Crippen LogP) is 0.888. The Morgan fingerprint density at radius 3 is 2.88 bits per heavy atom. The topological polar surface area (TPSA) is 82.2 Å². The number of piperidine rings is 1. The number of rotatable bonds is 2. The fourth-order valence-corrected chi connectivity index (χ4v) is 2.00. The summed E-state index contributed by atoms with van der Waals surface area (Å²) in [6.07, 6.45) is 4.84. The van der Waals surface area contributed by atoms with E-state index in [0.717, 1.165) is 31.4 Å². The van der Waals surface area contributed by atoms with Gasteiger partial charge in [0.2, 0.25) is 0 Å². The fraction of sp³-hybridized carbons (Fsp3) is 0.455. The Balaban J connectivity index is 2.31. The second-order valence-corrected chi connectivity index (χ2v) is 3.98. The van der Waals surface area contributed by atoms with Crippen molar-refractivity contribution in [3.05, 3.63) is 33.7 Å². The average Bonchev–Trinajstić information content (AvgIpc) is 2.30. The minimum atomic E-state index is -1.18. The first kappa shape index (κ1) is 10.9. The quantitative estimate of drug-likeness (QED) is 0.694. The molecule has 1 aliphatic heterocycles. The molecule has 1 aromatic heterocycles. The number of aromatic amines is 1. The molecule has 5 heteroatoms. The standard InChI is InChI=1S/C11H14N2O3/c14-10-8(11(15)16)5-7(6-13-10)9-3-1-2-4-12-9/h5-6,9,12H,1-4H2,(H,13,14)(H,15,16). The summed E-state index contributed by atoms with van der Waals surface area (Å²) in [5.41, 5.74) is 0.105. The Hall–Kier alpha value is -1.62. The highest BCUT2D eigenvalue weighted by molar-refractivity contribution is 5.87. The number of carboxylic acid groups (broad SMARTS) is 1. The molecule has 0 amide bonds. The summed E-state index contributed by atoms with van der Waals surface area (Å²) in [5.74, 6) is -1.18. The normalized spacial score (nSPS) is 20.6. The number of hydrogen-bond acceptors (Lipinski definition) is 3. The van der Waals surface area contributed by atoms with Crippen LogP contribution in [0, 0.1) is 0 Å². The molecule has 0 bridgehead atoms. The fourth-order valence-electron chi connectivity index (χ4n) is 2.00. The Labute approximate surface area is 92.5 Å². The maximum absolute atomic E-state index is 11.2. The van der Waals surface area contributed by atoms with Gasteiger partial charge in [0.15, 0.2) is 0 Å². The molecule has 3 N–H and O–H groups in total. The molecule has 1 atom stereocenters. The molecule has 16 heavy (non-hydrogen) atoms. The highest BCUT2D eigenvalue weighted by atomic mass is 16.4. The molecule has 0 aliphatic carbocycles. The van der Waals surface area contributed by atoms with Crippen LogP contribution in [0.25, 0.3) is 0 Å². The van der Waals surface area contributed by atoms with Gasteiger partial charge >= 0.3 is 5.97 Å². The van der Waals surface area contributed by atoms with Crippen LogP contribution in [0.2, 0.25) is 0 Å². The van der Waals surface area contributed by atoms with Gasteiger partial charge in [0.25, 0.3) is 5.56 Å². The molecule has 2 heterocycles. The maximum atomic E-state index is 11.2. The first-order valence-electron chi connectivity index (χ1n) is 5.38. The van der Waals surface area contributed by atoms with Crippen LogP contribution in [0.4, 0.5) is 0 Å². The van der Waals surface area contributed by atoms with Crippen molar-refractivity contribution in [1.29, 1.82) is 0 Å². The predicted molar refractivity (Wildman–Crippen MR) is 58.6 cm³/mol. The van der Waals surface area contributed by atoms with E-state index in [1.807, 2.05) is 0 Å². The van der Waals surface area contributed by atoms with E-state index in [9.17, 15) is 9.59 Å². The molecule has 1 saturated heterocycles. The van der Waals surface area contributed by atoms with E-state index in [1.165, 1.54) is 6.07 Å². The molecule has 1 aliphatic rings. The van der Waals surface area contributed by atoms with Gasteiger partial charge in [-0.3, -0.25) is 4.79 Å². The van der Waals surface area contributed by atoms with Crippen LogP contribution < -0.4 is 10.9 Å². The number of pyridine rings is 1. The highest BCUT2D eigenvalue weighted by Crippen LogP contribution is 2.21. The zero-order valence-electron chi connectivity index (χ0n) is 8.82. The van der Waals surface area contributed by atoms with E-state index in [2.05, 4.69) is 10.3 Å². The number of aromatic carboxylic acids is 1. The minimum Gasteiger partial charge on any atom is -0.477 e. The van der Waals surface area contributed by atoms with E-state index >= 15 is 0 Å². The van der Waals surface area contributed by atoms with Gasteiger partial charge < -0.3 is 15.4 Å². The van der Waals surface area contributed by atoms with Crippen molar-refractivity contribution >= 4 is 5.97 Å². The molecule has 5 nitrogen and oxygen atoms in total. The summed E-state index contributed by atoms with van der Waals surface area (Å²) in [4.78, 5) is 24.5. The van der Waals surface area contributed by atoms with Crippen molar-refractivity contribution in [1.82, 2.24) is 10.3 Å². The summed E-state index contributed by atoms with van der Waals surface area (Å²) in [6, 6.07) is 1.62. The lowest BCUT2D eigenvalue weighted by molar-refractivity contribution is 0.0694. The van der Waals surface area contributed by atoms with Crippen LogP contribution in [0.15, 0.2) is 17.1 Å². The van der Waals surface area contributed by atoms with E-state index in [1.54, 1.807) is 6.20 Å². The molecule has 1 fully saturated rings. The number of aromatic nitrogens is 1. The lowest BCUT2D eigenvalue weighted by Crippen LogP contribution is -2.28. The Morgan fingerprint density at radius 1 is 1.44 bits per heavy atom. The van der Waals surface area contributed by atoms with E-state index in [0.29, 0.717) is 0 Å². The minimum absolute atomic E-state index is 0.156. The highest BCUT2D eigenvalue weighted by Gasteiger charge is 2.17. The first-order valence-corrected chi connectivity index (χ1v) is 5.38. The maximum Gasteiger partial charge on any atom is 0.341 e. The van der Waals surface area contributed by atoms with E-state index < -0.39 is 11.5 Å². The summed E-state index contributed by atoms with van der Waals surface area (Å²) in [7, 11) is 0. The third-order valence-electron chi connectivity index (χ3n) is 2.87. The van der Waals surface area contributed by atoms with Crippen molar-refractivity contribution in [2.45, 2.75) is 25.3 Å². The number of carboxylic acids is 1. The summed E-state index contributed by atoms with van der Waals surface area (Å²) < 4.78 is 0. The first-order chi connectivity index (χ1) is 7.68. The second kappa shape index (κ2) is 4.49. The van der Waals surface area contributed by atoms with Crippen LogP contribution in [0.1, 0.15) is 41.2 Å². The zero-order valence-corrected chi connectivity index (χ0v) is 8.82. The van der Waals surface area contributed by atoms with Gasteiger partial charge in [-0.15, -0.1) is 0 Å². The van der Waals surface area contributed by atoms with Crippen LogP contribution in [0.5, 0.6) is 0 Å². The number of nitrogens with one attached hydrogen (secondary N) is 2. The number of H-pyrrole nitrogens is 1. The summed E-state index contributed by atoms with van der Waals surface area (Å²) in [6.45, 7) is 0.937. The van der Waals surface area contributed by atoms with Crippen LogP contribution >= 0.6 is 0 Å². The van der Waals surface area contributed by atoms with Crippen molar-refractivity contribution in [2.75, 3.05) is 6.54 Å². The zero-order chi connectivity index (χ0) is 11.5. The Bertz CT molecular complexity index is 447. The SMILES string of the molecule is O=C(O)c1cc(C2CCCCN2)c[nH]c1=O. The van der Waals surface area contributed by atoms with Crippen LogP contribution in [-0.4, -0.2) is 22.6 Å².